The fraction of sp³-hybridized carbons (Fsp3) is 0.615. The third kappa shape index (κ3) is 6.01. The Hall–Kier alpha value is -0.640. The van der Waals surface area contributed by atoms with Gasteiger partial charge in [-0.05, 0) is 23.6 Å². The van der Waals surface area contributed by atoms with Crippen molar-refractivity contribution in [1.82, 2.24) is 9.88 Å². The van der Waals surface area contributed by atoms with Crippen molar-refractivity contribution in [3.63, 3.8) is 0 Å². The third-order valence-electron chi connectivity index (χ3n) is 2.43. The Bertz CT molecular complexity index is 331. The summed E-state index contributed by atoms with van der Waals surface area (Å²) in [5, 5.41) is 0.554. The van der Waals surface area contributed by atoms with E-state index in [0.717, 1.165) is 26.2 Å². The predicted molar refractivity (Wildman–Crippen MR) is 71.2 cm³/mol. The molecule has 96 valence electrons. The quantitative estimate of drug-likeness (QED) is 0.702. The standard InChI is InChI=1S/C13H21ClN2O/c1-11(2)9-16(6-7-17-3)10-12-4-5-15-13(14)8-12/h4-5,8,11H,6-7,9-10H2,1-3H3. The number of halogens is 1. The Morgan fingerprint density at radius 2 is 2.24 bits per heavy atom. The Morgan fingerprint density at radius 3 is 2.82 bits per heavy atom. The predicted octanol–water partition coefficient (Wildman–Crippen LogP) is 2.84. The maximum Gasteiger partial charge on any atom is 0.129 e. The molecule has 1 heterocycles. The first-order valence-corrected chi connectivity index (χ1v) is 6.31. The maximum absolute atomic E-state index is 5.88. The molecule has 0 fully saturated rings. The fourth-order valence-electron chi connectivity index (χ4n) is 1.77. The summed E-state index contributed by atoms with van der Waals surface area (Å²) < 4.78 is 5.14. The van der Waals surface area contributed by atoms with Gasteiger partial charge < -0.3 is 4.74 Å². The lowest BCUT2D eigenvalue weighted by Gasteiger charge is -2.24. The topological polar surface area (TPSA) is 25.4 Å². The van der Waals surface area contributed by atoms with Crippen LogP contribution in [0.5, 0.6) is 0 Å². The largest absolute Gasteiger partial charge is 0.383 e. The van der Waals surface area contributed by atoms with Crippen LogP contribution >= 0.6 is 11.6 Å². The van der Waals surface area contributed by atoms with E-state index in [1.165, 1.54) is 5.56 Å². The van der Waals surface area contributed by atoms with Crippen LogP contribution < -0.4 is 0 Å². The molecule has 0 aliphatic carbocycles. The van der Waals surface area contributed by atoms with Gasteiger partial charge in [0.1, 0.15) is 5.15 Å². The van der Waals surface area contributed by atoms with Crippen molar-refractivity contribution in [2.24, 2.45) is 5.92 Å². The van der Waals surface area contributed by atoms with E-state index in [-0.39, 0.29) is 0 Å². The molecule has 4 heteroatoms. The van der Waals surface area contributed by atoms with E-state index in [1.54, 1.807) is 13.3 Å². The summed E-state index contributed by atoms with van der Waals surface area (Å²) in [4.78, 5) is 6.37. The molecular weight excluding hydrogens is 236 g/mol. The van der Waals surface area contributed by atoms with Crippen LogP contribution in [-0.4, -0.2) is 36.7 Å². The minimum atomic E-state index is 0.554. The second-order valence-electron chi connectivity index (χ2n) is 4.61. The SMILES string of the molecule is COCCN(Cc1ccnc(Cl)c1)CC(C)C. The van der Waals surface area contributed by atoms with Crippen LogP contribution in [0.4, 0.5) is 0 Å². The average Bonchev–Trinajstić information content (AvgIpc) is 2.25. The van der Waals surface area contributed by atoms with Gasteiger partial charge in [0.15, 0.2) is 0 Å². The molecule has 0 aromatic carbocycles. The molecule has 0 saturated heterocycles. The van der Waals surface area contributed by atoms with Gasteiger partial charge in [-0.15, -0.1) is 0 Å². The average molecular weight is 257 g/mol. The second kappa shape index (κ2) is 7.64. The van der Waals surface area contributed by atoms with E-state index in [9.17, 15) is 0 Å². The van der Waals surface area contributed by atoms with Crippen LogP contribution in [0.2, 0.25) is 5.15 Å². The molecule has 17 heavy (non-hydrogen) atoms. The zero-order valence-corrected chi connectivity index (χ0v) is 11.6. The molecule has 0 amide bonds. The molecule has 0 bridgehead atoms. The van der Waals surface area contributed by atoms with Crippen molar-refractivity contribution in [3.05, 3.63) is 29.0 Å². The van der Waals surface area contributed by atoms with Crippen LogP contribution in [0.1, 0.15) is 19.4 Å². The highest BCUT2D eigenvalue weighted by molar-refractivity contribution is 6.29. The van der Waals surface area contributed by atoms with Crippen molar-refractivity contribution < 1.29 is 4.74 Å². The first kappa shape index (κ1) is 14.4. The fourth-order valence-corrected chi connectivity index (χ4v) is 1.97. The summed E-state index contributed by atoms with van der Waals surface area (Å²) in [7, 11) is 1.73. The molecule has 0 spiro atoms. The molecule has 0 aliphatic heterocycles. The highest BCUT2D eigenvalue weighted by atomic mass is 35.5. The number of ether oxygens (including phenoxy) is 1. The molecule has 0 atom stereocenters. The van der Waals surface area contributed by atoms with Crippen LogP contribution in [0, 0.1) is 5.92 Å². The van der Waals surface area contributed by atoms with Crippen molar-refractivity contribution in [2.45, 2.75) is 20.4 Å². The molecule has 0 saturated carbocycles. The van der Waals surface area contributed by atoms with Gasteiger partial charge in [0.05, 0.1) is 6.61 Å². The Morgan fingerprint density at radius 1 is 1.47 bits per heavy atom. The molecule has 1 aromatic heterocycles. The van der Waals surface area contributed by atoms with Crippen molar-refractivity contribution in [1.29, 1.82) is 0 Å². The van der Waals surface area contributed by atoms with Crippen molar-refractivity contribution in [2.75, 3.05) is 26.8 Å². The van der Waals surface area contributed by atoms with Crippen LogP contribution in [-0.2, 0) is 11.3 Å². The highest BCUT2D eigenvalue weighted by Gasteiger charge is 2.08. The van der Waals surface area contributed by atoms with Gasteiger partial charge in [0.2, 0.25) is 0 Å². The molecule has 0 aliphatic rings. The summed E-state index contributed by atoms with van der Waals surface area (Å²) >= 11 is 5.88. The van der Waals surface area contributed by atoms with Crippen LogP contribution in [0.3, 0.4) is 0 Å². The van der Waals surface area contributed by atoms with Gasteiger partial charge in [-0.25, -0.2) is 4.98 Å². The lowest BCUT2D eigenvalue weighted by Crippen LogP contribution is -2.30. The van der Waals surface area contributed by atoms with Crippen molar-refractivity contribution in [3.8, 4) is 0 Å². The van der Waals surface area contributed by atoms with E-state index < -0.39 is 0 Å². The summed E-state index contributed by atoms with van der Waals surface area (Å²) in [6.07, 6.45) is 1.75. The lowest BCUT2D eigenvalue weighted by atomic mass is 10.2. The number of aromatic nitrogens is 1. The van der Waals surface area contributed by atoms with E-state index >= 15 is 0 Å². The molecule has 1 rings (SSSR count). The molecule has 0 N–H and O–H groups in total. The zero-order valence-electron chi connectivity index (χ0n) is 10.8. The van der Waals surface area contributed by atoms with Crippen molar-refractivity contribution >= 4 is 11.6 Å². The van der Waals surface area contributed by atoms with Crippen LogP contribution in [0.25, 0.3) is 0 Å². The molecule has 1 aromatic rings. The first-order chi connectivity index (χ1) is 8.11. The third-order valence-corrected chi connectivity index (χ3v) is 2.64. The maximum atomic E-state index is 5.88. The van der Waals surface area contributed by atoms with Gasteiger partial charge in [-0.1, -0.05) is 25.4 Å². The number of hydrogen-bond acceptors (Lipinski definition) is 3. The van der Waals surface area contributed by atoms with E-state index in [4.69, 9.17) is 16.3 Å². The first-order valence-electron chi connectivity index (χ1n) is 5.93. The number of rotatable bonds is 7. The minimum Gasteiger partial charge on any atom is -0.383 e. The number of pyridine rings is 1. The zero-order chi connectivity index (χ0) is 12.7. The normalized spacial score (nSPS) is 11.4. The lowest BCUT2D eigenvalue weighted by molar-refractivity contribution is 0.136. The minimum absolute atomic E-state index is 0.554. The highest BCUT2D eigenvalue weighted by Crippen LogP contribution is 2.11. The van der Waals surface area contributed by atoms with Crippen LogP contribution in [0.15, 0.2) is 18.3 Å². The molecule has 3 nitrogen and oxygen atoms in total. The number of methoxy groups -OCH3 is 1. The molecule has 0 radical (unpaired) electrons. The van der Waals surface area contributed by atoms with Gasteiger partial charge in [-0.2, -0.15) is 0 Å². The van der Waals surface area contributed by atoms with Gasteiger partial charge in [0.25, 0.3) is 0 Å². The van der Waals surface area contributed by atoms with E-state index in [0.29, 0.717) is 11.1 Å². The Labute approximate surface area is 109 Å². The number of hydrogen-bond donors (Lipinski definition) is 0. The van der Waals surface area contributed by atoms with Gasteiger partial charge >= 0.3 is 0 Å². The van der Waals surface area contributed by atoms with E-state index in [1.807, 2.05) is 12.1 Å². The summed E-state index contributed by atoms with van der Waals surface area (Å²) in [5.74, 6) is 0.643. The smallest absolute Gasteiger partial charge is 0.129 e. The summed E-state index contributed by atoms with van der Waals surface area (Å²) in [6.45, 7) is 8.09. The van der Waals surface area contributed by atoms with Gasteiger partial charge in [-0.3, -0.25) is 4.90 Å². The van der Waals surface area contributed by atoms with Gasteiger partial charge in [0, 0.05) is 32.9 Å². The molecular formula is C13H21ClN2O. The Balaban J connectivity index is 2.58. The Kier molecular flexibility index (Phi) is 6.48. The number of nitrogens with zero attached hydrogens (tertiary/aromatic N) is 2. The second-order valence-corrected chi connectivity index (χ2v) is 5.00. The summed E-state index contributed by atoms with van der Waals surface area (Å²) in [5.41, 5.74) is 1.20. The van der Waals surface area contributed by atoms with E-state index in [2.05, 4.69) is 23.7 Å². The molecule has 0 unspecified atom stereocenters. The summed E-state index contributed by atoms with van der Waals surface area (Å²) in [6, 6.07) is 3.92. The monoisotopic (exact) mass is 256 g/mol.